The Bertz CT molecular complexity index is 753. The molecule has 24 heavy (non-hydrogen) atoms. The minimum atomic E-state index is -0.0955. The van der Waals surface area contributed by atoms with Crippen molar-refractivity contribution in [2.45, 2.75) is 51.2 Å². The van der Waals surface area contributed by atoms with Gasteiger partial charge in [-0.3, -0.25) is 4.79 Å². The van der Waals surface area contributed by atoms with Crippen LogP contribution in [0.15, 0.2) is 22.7 Å². The zero-order valence-corrected chi connectivity index (χ0v) is 14.2. The van der Waals surface area contributed by atoms with Gasteiger partial charge in [-0.05, 0) is 39.2 Å². The van der Waals surface area contributed by atoms with Crippen LogP contribution in [0.25, 0.3) is 11.0 Å². The first kappa shape index (κ1) is 15.4. The highest BCUT2D eigenvalue weighted by molar-refractivity contribution is 5.96. The van der Waals surface area contributed by atoms with Crippen molar-refractivity contribution in [2.75, 3.05) is 18.0 Å². The monoisotopic (exact) mass is 328 g/mol. The third-order valence-electron chi connectivity index (χ3n) is 5.32. The van der Waals surface area contributed by atoms with Gasteiger partial charge >= 0.3 is 0 Å². The second kappa shape index (κ2) is 6.09. The molecule has 2 aromatic heterocycles. The second-order valence-electron chi connectivity index (χ2n) is 6.73. The summed E-state index contributed by atoms with van der Waals surface area (Å²) >= 11 is 0. The Morgan fingerprint density at radius 2 is 2.21 bits per heavy atom. The minimum Gasteiger partial charge on any atom is -0.439 e. The van der Waals surface area contributed by atoms with Gasteiger partial charge in [-0.2, -0.15) is 0 Å². The van der Waals surface area contributed by atoms with E-state index in [1.165, 1.54) is 6.42 Å². The first-order valence-electron chi connectivity index (χ1n) is 8.89. The summed E-state index contributed by atoms with van der Waals surface area (Å²) in [5.41, 5.74) is 1.17. The van der Waals surface area contributed by atoms with E-state index in [-0.39, 0.29) is 11.9 Å². The normalized spacial score (nSPS) is 25.3. The number of nitrogens with one attached hydrogen (secondary N) is 2. The van der Waals surface area contributed by atoms with Gasteiger partial charge in [0.1, 0.15) is 5.69 Å². The predicted octanol–water partition coefficient (Wildman–Crippen LogP) is 2.30. The van der Waals surface area contributed by atoms with Gasteiger partial charge in [-0.1, -0.05) is 0 Å². The van der Waals surface area contributed by atoms with Crippen molar-refractivity contribution in [1.82, 2.24) is 15.6 Å². The number of hydrogen-bond donors (Lipinski definition) is 2. The van der Waals surface area contributed by atoms with Crippen LogP contribution in [0.2, 0.25) is 0 Å². The highest BCUT2D eigenvalue weighted by Gasteiger charge is 2.39. The Kier molecular flexibility index (Phi) is 3.92. The van der Waals surface area contributed by atoms with Crippen LogP contribution in [0.5, 0.6) is 0 Å². The van der Waals surface area contributed by atoms with Crippen LogP contribution in [-0.2, 0) is 0 Å². The maximum Gasteiger partial charge on any atom is 0.270 e. The maximum absolute atomic E-state index is 12.5. The Morgan fingerprint density at radius 1 is 1.38 bits per heavy atom. The molecular formula is C18H24N4O2. The summed E-state index contributed by atoms with van der Waals surface area (Å²) in [6, 6.07) is 5.03. The fourth-order valence-electron chi connectivity index (χ4n) is 3.97. The lowest BCUT2D eigenvalue weighted by molar-refractivity contribution is 0.0926. The van der Waals surface area contributed by atoms with Crippen molar-refractivity contribution in [3.05, 3.63) is 24.0 Å². The quantitative estimate of drug-likeness (QED) is 0.881. The smallest absolute Gasteiger partial charge is 0.270 e. The molecule has 2 aliphatic rings. The van der Waals surface area contributed by atoms with E-state index in [9.17, 15) is 4.79 Å². The zero-order chi connectivity index (χ0) is 16.7. The first-order chi connectivity index (χ1) is 11.7. The number of rotatable bonds is 5. The fraction of sp³-hybridized carbons (Fsp3) is 0.556. The van der Waals surface area contributed by atoms with E-state index in [0.717, 1.165) is 42.8 Å². The lowest BCUT2D eigenvalue weighted by atomic mass is 9.95. The van der Waals surface area contributed by atoms with E-state index in [4.69, 9.17) is 4.42 Å². The number of anilines is 1. The van der Waals surface area contributed by atoms with Gasteiger partial charge < -0.3 is 20.0 Å². The molecule has 2 aliphatic heterocycles. The van der Waals surface area contributed by atoms with E-state index in [1.807, 2.05) is 12.1 Å². The van der Waals surface area contributed by atoms with Crippen LogP contribution in [0.3, 0.4) is 0 Å². The highest BCUT2D eigenvalue weighted by atomic mass is 16.4. The molecule has 2 bridgehead atoms. The number of furan rings is 1. The number of carbonyl (C=O) groups excluding carboxylic acids is 1. The summed E-state index contributed by atoms with van der Waals surface area (Å²) in [5.74, 6) is 0.730. The van der Waals surface area contributed by atoms with Crippen molar-refractivity contribution >= 4 is 22.8 Å². The Labute approximate surface area is 141 Å². The molecule has 0 unspecified atom stereocenters. The minimum absolute atomic E-state index is 0.0955. The SMILES string of the molecule is CCN(CC)c1cc2cc(C(=O)N[C@@H]3C[C@H]4CC[C@@H]3N4)ncc2o1. The Morgan fingerprint density at radius 3 is 2.88 bits per heavy atom. The summed E-state index contributed by atoms with van der Waals surface area (Å²) in [6.07, 6.45) is 5.05. The molecule has 2 N–H and O–H groups in total. The van der Waals surface area contributed by atoms with Crippen LogP contribution >= 0.6 is 0 Å². The van der Waals surface area contributed by atoms with Gasteiger partial charge in [0.25, 0.3) is 5.91 Å². The first-order valence-corrected chi connectivity index (χ1v) is 8.89. The van der Waals surface area contributed by atoms with Crippen LogP contribution < -0.4 is 15.5 Å². The lowest BCUT2D eigenvalue weighted by Gasteiger charge is -2.21. The number of hydrogen-bond acceptors (Lipinski definition) is 5. The van der Waals surface area contributed by atoms with Gasteiger partial charge in [0, 0.05) is 42.7 Å². The van der Waals surface area contributed by atoms with Crippen molar-refractivity contribution in [2.24, 2.45) is 0 Å². The number of amides is 1. The summed E-state index contributed by atoms with van der Waals surface area (Å²) in [4.78, 5) is 19.0. The molecule has 2 fully saturated rings. The van der Waals surface area contributed by atoms with E-state index in [2.05, 4.69) is 34.4 Å². The molecule has 3 atom stereocenters. The van der Waals surface area contributed by atoms with E-state index < -0.39 is 0 Å². The highest BCUT2D eigenvalue weighted by Crippen LogP contribution is 2.29. The molecule has 4 rings (SSSR count). The van der Waals surface area contributed by atoms with Crippen molar-refractivity contribution in [1.29, 1.82) is 0 Å². The summed E-state index contributed by atoms with van der Waals surface area (Å²) in [6.45, 7) is 5.96. The molecule has 0 radical (unpaired) electrons. The van der Waals surface area contributed by atoms with E-state index in [1.54, 1.807) is 6.20 Å². The Hall–Kier alpha value is -2.08. The van der Waals surface area contributed by atoms with Crippen LogP contribution in [0.1, 0.15) is 43.6 Å². The van der Waals surface area contributed by atoms with Gasteiger partial charge in [-0.15, -0.1) is 0 Å². The number of nitrogens with zero attached hydrogens (tertiary/aromatic N) is 2. The molecule has 128 valence electrons. The average molecular weight is 328 g/mol. The molecule has 0 aliphatic carbocycles. The maximum atomic E-state index is 12.5. The van der Waals surface area contributed by atoms with Crippen LogP contribution in [-0.4, -0.2) is 42.1 Å². The fourth-order valence-corrected chi connectivity index (χ4v) is 3.97. The summed E-state index contributed by atoms with van der Waals surface area (Å²) in [5, 5.41) is 7.60. The molecule has 6 nitrogen and oxygen atoms in total. The van der Waals surface area contributed by atoms with Crippen molar-refractivity contribution < 1.29 is 9.21 Å². The predicted molar refractivity (Wildman–Crippen MR) is 93.4 cm³/mol. The molecule has 0 spiro atoms. The largest absolute Gasteiger partial charge is 0.439 e. The number of carbonyl (C=O) groups is 1. The van der Waals surface area contributed by atoms with Crippen molar-refractivity contribution in [3.8, 4) is 0 Å². The van der Waals surface area contributed by atoms with E-state index in [0.29, 0.717) is 17.8 Å². The van der Waals surface area contributed by atoms with Crippen molar-refractivity contribution in [3.63, 3.8) is 0 Å². The molecular weight excluding hydrogens is 304 g/mol. The third kappa shape index (κ3) is 2.65. The molecule has 2 saturated heterocycles. The second-order valence-corrected chi connectivity index (χ2v) is 6.73. The summed E-state index contributed by atoms with van der Waals surface area (Å²) in [7, 11) is 0. The Balaban J connectivity index is 1.52. The van der Waals surface area contributed by atoms with Gasteiger partial charge in [0.2, 0.25) is 0 Å². The van der Waals surface area contributed by atoms with Crippen LogP contribution in [0, 0.1) is 0 Å². The molecule has 6 heteroatoms. The van der Waals surface area contributed by atoms with Gasteiger partial charge in [0.05, 0.1) is 6.20 Å². The molecule has 2 aromatic rings. The summed E-state index contributed by atoms with van der Waals surface area (Å²) < 4.78 is 5.84. The van der Waals surface area contributed by atoms with E-state index >= 15 is 0 Å². The molecule has 0 aromatic carbocycles. The lowest BCUT2D eigenvalue weighted by Crippen LogP contribution is -2.43. The molecule has 0 saturated carbocycles. The van der Waals surface area contributed by atoms with Gasteiger partial charge in [0.15, 0.2) is 11.5 Å². The molecule has 4 heterocycles. The topological polar surface area (TPSA) is 70.4 Å². The third-order valence-corrected chi connectivity index (χ3v) is 5.32. The zero-order valence-electron chi connectivity index (χ0n) is 14.2. The number of fused-ring (bicyclic) bond motifs is 3. The number of pyridine rings is 1. The molecule has 1 amide bonds. The van der Waals surface area contributed by atoms with Gasteiger partial charge in [-0.25, -0.2) is 4.98 Å². The van der Waals surface area contributed by atoms with Crippen LogP contribution in [0.4, 0.5) is 5.88 Å². The average Bonchev–Trinajstić information content (AvgIpc) is 3.30. The number of aromatic nitrogens is 1. The standard InChI is InChI=1S/C18H24N4O2/c1-3-22(4-2)17-8-11-7-15(19-10-16(11)24-17)18(23)21-14-9-12-5-6-13(14)20-12/h7-8,10,12-14,20H,3-6,9H2,1-2H3,(H,21,23)/t12-,13+,14-/m1/s1.